The van der Waals surface area contributed by atoms with E-state index in [-0.39, 0.29) is 0 Å². The van der Waals surface area contributed by atoms with Crippen molar-refractivity contribution in [3.05, 3.63) is 101 Å². The van der Waals surface area contributed by atoms with Crippen LogP contribution in [0.5, 0.6) is 0 Å². The Morgan fingerprint density at radius 3 is 2.51 bits per heavy atom. The van der Waals surface area contributed by atoms with E-state index in [1.165, 1.54) is 11.1 Å². The largest absolute Gasteiger partial charge is 0.299 e. The Labute approximate surface area is 231 Å². The molecule has 7 rings (SSSR count). The normalized spacial score (nSPS) is 14.8. The second kappa shape index (κ2) is 10.2. The zero-order valence-corrected chi connectivity index (χ0v) is 22.6. The van der Waals surface area contributed by atoms with Crippen molar-refractivity contribution in [2.45, 2.75) is 32.2 Å². The highest BCUT2D eigenvalue weighted by molar-refractivity contribution is 7.15. The zero-order chi connectivity index (χ0) is 26.2. The molecule has 0 amide bonds. The van der Waals surface area contributed by atoms with Gasteiger partial charge in [-0.2, -0.15) is 5.10 Å². The van der Waals surface area contributed by atoms with Gasteiger partial charge in [0.1, 0.15) is 11.5 Å². The molecule has 0 atom stereocenters. The van der Waals surface area contributed by atoms with E-state index in [1.807, 2.05) is 25.3 Å². The van der Waals surface area contributed by atoms with E-state index in [0.29, 0.717) is 11.7 Å². The number of piperidine rings is 1. The van der Waals surface area contributed by atoms with E-state index >= 15 is 0 Å². The average Bonchev–Trinajstić information content (AvgIpc) is 3.72. The van der Waals surface area contributed by atoms with Gasteiger partial charge in [-0.05, 0) is 50.0 Å². The highest BCUT2D eigenvalue weighted by Gasteiger charge is 2.24. The summed E-state index contributed by atoms with van der Waals surface area (Å²) in [5.41, 5.74) is 7.79. The van der Waals surface area contributed by atoms with Crippen molar-refractivity contribution >= 4 is 16.3 Å². The number of hydrogen-bond acceptors (Lipinski definition) is 6. The number of aryl methyl sites for hydroxylation is 1. The Kier molecular flexibility index (Phi) is 6.26. The van der Waals surface area contributed by atoms with Crippen LogP contribution in [0.25, 0.3) is 39.0 Å². The molecule has 1 fully saturated rings. The lowest BCUT2D eigenvalue weighted by atomic mass is 9.95. The second-order valence-electron chi connectivity index (χ2n) is 10.2. The summed E-state index contributed by atoms with van der Waals surface area (Å²) < 4.78 is 2.20. The van der Waals surface area contributed by atoms with Crippen molar-refractivity contribution in [1.82, 2.24) is 34.4 Å². The average molecular weight is 532 g/mol. The summed E-state index contributed by atoms with van der Waals surface area (Å²) in [5.74, 6) is 2.06. The molecule has 194 valence electrons. The SMILES string of the molecule is Cc1ccc(-c2n[nH]c(C3CCN(Cc4ccc(-c5nc6sccn6c5-c5ccccc5)cc4)CC3)n2)nc1. The molecule has 0 bridgehead atoms. The number of rotatable bonds is 6. The van der Waals surface area contributed by atoms with Crippen LogP contribution in [-0.4, -0.2) is 47.5 Å². The molecule has 0 saturated carbocycles. The number of aromatic nitrogens is 6. The third kappa shape index (κ3) is 4.77. The number of hydrogen-bond donors (Lipinski definition) is 1. The number of H-pyrrole nitrogens is 1. The summed E-state index contributed by atoms with van der Waals surface area (Å²) in [7, 11) is 0. The number of nitrogens with one attached hydrogen (secondary N) is 1. The lowest BCUT2D eigenvalue weighted by Crippen LogP contribution is -2.32. The van der Waals surface area contributed by atoms with E-state index in [9.17, 15) is 0 Å². The smallest absolute Gasteiger partial charge is 0.199 e. The number of thiazole rings is 1. The Hall–Kier alpha value is -4.14. The van der Waals surface area contributed by atoms with E-state index in [2.05, 4.69) is 90.7 Å². The first kappa shape index (κ1) is 23.9. The minimum absolute atomic E-state index is 0.404. The van der Waals surface area contributed by atoms with Crippen molar-refractivity contribution in [3.63, 3.8) is 0 Å². The van der Waals surface area contributed by atoms with Gasteiger partial charge >= 0.3 is 0 Å². The summed E-state index contributed by atoms with van der Waals surface area (Å²) in [5, 5.41) is 9.69. The second-order valence-corrected chi connectivity index (χ2v) is 11.1. The number of nitrogens with zero attached hydrogens (tertiary/aromatic N) is 6. The number of pyridine rings is 1. The first-order chi connectivity index (χ1) is 19.2. The molecule has 6 aromatic rings. The van der Waals surface area contributed by atoms with Gasteiger partial charge in [0.15, 0.2) is 10.8 Å². The molecule has 0 radical (unpaired) electrons. The third-order valence-corrected chi connectivity index (χ3v) is 8.32. The van der Waals surface area contributed by atoms with Crippen LogP contribution in [0.3, 0.4) is 0 Å². The topological polar surface area (TPSA) is 75.0 Å². The van der Waals surface area contributed by atoms with Crippen LogP contribution in [0.1, 0.15) is 35.7 Å². The zero-order valence-electron chi connectivity index (χ0n) is 21.8. The number of aromatic amines is 1. The lowest BCUT2D eigenvalue weighted by Gasteiger charge is -2.30. The molecular weight excluding hydrogens is 502 g/mol. The molecule has 5 heterocycles. The van der Waals surface area contributed by atoms with Crippen LogP contribution < -0.4 is 0 Å². The maximum absolute atomic E-state index is 4.98. The van der Waals surface area contributed by atoms with Gasteiger partial charge in [0, 0.05) is 41.4 Å². The Morgan fingerprint density at radius 2 is 1.74 bits per heavy atom. The number of fused-ring (bicyclic) bond motifs is 1. The predicted octanol–water partition coefficient (Wildman–Crippen LogP) is 6.60. The molecule has 4 aromatic heterocycles. The van der Waals surface area contributed by atoms with Gasteiger partial charge in [-0.3, -0.25) is 19.4 Å². The quantitative estimate of drug-likeness (QED) is 0.262. The van der Waals surface area contributed by atoms with E-state index < -0.39 is 0 Å². The van der Waals surface area contributed by atoms with Gasteiger partial charge in [0.05, 0.1) is 11.4 Å². The maximum atomic E-state index is 4.98. The van der Waals surface area contributed by atoms with Crippen molar-refractivity contribution < 1.29 is 0 Å². The van der Waals surface area contributed by atoms with Crippen LogP contribution in [-0.2, 0) is 6.54 Å². The predicted molar refractivity (Wildman–Crippen MR) is 156 cm³/mol. The standard InChI is InChI=1S/C31H29N7S/c1-21-7-12-26(32-19-21)30-34-29(35-36-30)25-13-15-37(16-14-25)20-22-8-10-23(11-9-22)27-28(24-5-3-2-4-6-24)38-17-18-39-31(38)33-27/h2-12,17-19,25H,13-16,20H2,1H3,(H,34,35,36). The first-order valence-electron chi connectivity index (χ1n) is 13.4. The molecule has 2 aromatic carbocycles. The number of likely N-dealkylation sites (tertiary alicyclic amines) is 1. The third-order valence-electron chi connectivity index (χ3n) is 7.56. The van der Waals surface area contributed by atoms with Crippen LogP contribution in [0.4, 0.5) is 0 Å². The highest BCUT2D eigenvalue weighted by Crippen LogP contribution is 2.34. The maximum Gasteiger partial charge on any atom is 0.199 e. The molecule has 1 saturated heterocycles. The fraction of sp³-hybridized carbons (Fsp3) is 0.226. The molecule has 0 unspecified atom stereocenters. The van der Waals surface area contributed by atoms with Gasteiger partial charge < -0.3 is 0 Å². The number of imidazole rings is 1. The molecule has 8 heteroatoms. The van der Waals surface area contributed by atoms with Gasteiger partial charge in [-0.1, -0.05) is 60.7 Å². The molecule has 1 aliphatic rings. The van der Waals surface area contributed by atoms with Crippen LogP contribution in [0, 0.1) is 6.92 Å². The van der Waals surface area contributed by atoms with Crippen LogP contribution in [0.15, 0.2) is 84.5 Å². The molecule has 1 aliphatic heterocycles. The number of benzene rings is 2. The van der Waals surface area contributed by atoms with Crippen LogP contribution >= 0.6 is 11.3 Å². The molecule has 7 nitrogen and oxygen atoms in total. The van der Waals surface area contributed by atoms with E-state index in [1.54, 1.807) is 11.3 Å². The minimum Gasteiger partial charge on any atom is -0.299 e. The molecule has 0 spiro atoms. The van der Waals surface area contributed by atoms with Gasteiger partial charge in [0.2, 0.25) is 0 Å². The fourth-order valence-electron chi connectivity index (χ4n) is 5.42. The van der Waals surface area contributed by atoms with Crippen molar-refractivity contribution in [2.75, 3.05) is 13.1 Å². The van der Waals surface area contributed by atoms with Gasteiger partial charge in [-0.25, -0.2) is 9.97 Å². The Morgan fingerprint density at radius 1 is 0.923 bits per heavy atom. The molecule has 0 aliphatic carbocycles. The first-order valence-corrected chi connectivity index (χ1v) is 14.3. The van der Waals surface area contributed by atoms with Crippen molar-refractivity contribution in [2.24, 2.45) is 0 Å². The minimum atomic E-state index is 0.404. The lowest BCUT2D eigenvalue weighted by molar-refractivity contribution is 0.202. The monoisotopic (exact) mass is 531 g/mol. The summed E-state index contributed by atoms with van der Waals surface area (Å²) in [4.78, 5) is 17.8. The summed E-state index contributed by atoms with van der Waals surface area (Å²) in [6.45, 7) is 5.07. The molecule has 39 heavy (non-hydrogen) atoms. The summed E-state index contributed by atoms with van der Waals surface area (Å²) in [6, 6.07) is 23.5. The van der Waals surface area contributed by atoms with E-state index in [4.69, 9.17) is 9.97 Å². The van der Waals surface area contributed by atoms with Crippen LogP contribution in [0.2, 0.25) is 0 Å². The van der Waals surface area contributed by atoms with Crippen molar-refractivity contribution in [3.8, 4) is 34.0 Å². The van der Waals surface area contributed by atoms with E-state index in [0.717, 1.165) is 71.5 Å². The summed E-state index contributed by atoms with van der Waals surface area (Å²) in [6.07, 6.45) is 6.10. The summed E-state index contributed by atoms with van der Waals surface area (Å²) >= 11 is 1.67. The highest BCUT2D eigenvalue weighted by atomic mass is 32.1. The van der Waals surface area contributed by atoms with Gasteiger partial charge in [0.25, 0.3) is 0 Å². The van der Waals surface area contributed by atoms with Crippen molar-refractivity contribution in [1.29, 1.82) is 0 Å². The van der Waals surface area contributed by atoms with Gasteiger partial charge in [-0.15, -0.1) is 11.3 Å². The Bertz CT molecular complexity index is 1690. The molecule has 1 N–H and O–H groups in total. The Balaban J connectivity index is 1.02. The molecular formula is C31H29N7S. The fourth-order valence-corrected chi connectivity index (χ4v) is 6.14.